The zero-order valence-electron chi connectivity index (χ0n) is 16.4. The Morgan fingerprint density at radius 3 is 2.79 bits per heavy atom. The third kappa shape index (κ3) is 3.00. The standard InChI is InChI=1S/C21H25N5O2S/c27-18(26-7-1-2-8-26)14-3-4-16-17(11-14)29-20(23-16)24-19-22-12-21(28-19)13-25-9-5-15(21)6-10-25/h3-4,11,15H,1-2,5-10,12-13H2,(H,22,23,24). The highest BCUT2D eigenvalue weighted by atomic mass is 32.1. The second-order valence-corrected chi connectivity index (χ2v) is 9.70. The van der Waals surface area contributed by atoms with Crippen LogP contribution in [-0.4, -0.2) is 71.6 Å². The first-order valence-corrected chi connectivity index (χ1v) is 11.4. The number of fused-ring (bicyclic) bond motifs is 3. The van der Waals surface area contributed by atoms with Crippen molar-refractivity contribution in [2.24, 2.45) is 10.9 Å². The molecule has 1 amide bonds. The molecule has 1 unspecified atom stereocenters. The number of amidine groups is 1. The number of thiazole rings is 1. The summed E-state index contributed by atoms with van der Waals surface area (Å²) in [4.78, 5) is 26.4. The average molecular weight is 412 g/mol. The zero-order valence-corrected chi connectivity index (χ0v) is 17.2. The summed E-state index contributed by atoms with van der Waals surface area (Å²) in [7, 11) is 0. The van der Waals surface area contributed by atoms with Crippen LogP contribution in [0.15, 0.2) is 23.2 Å². The van der Waals surface area contributed by atoms with Crippen molar-refractivity contribution in [2.75, 3.05) is 44.6 Å². The smallest absolute Gasteiger partial charge is 0.291 e. The lowest BCUT2D eigenvalue weighted by Gasteiger charge is -2.50. The second-order valence-electron chi connectivity index (χ2n) is 8.66. The number of aromatic nitrogens is 1. The fourth-order valence-electron chi connectivity index (χ4n) is 5.25. The van der Waals surface area contributed by atoms with Crippen LogP contribution in [-0.2, 0) is 4.74 Å². The first-order chi connectivity index (χ1) is 14.2. The topological polar surface area (TPSA) is 70.1 Å². The summed E-state index contributed by atoms with van der Waals surface area (Å²) in [6.45, 7) is 5.82. The van der Waals surface area contributed by atoms with Gasteiger partial charge in [-0.25, -0.2) is 9.98 Å². The Balaban J connectivity index is 1.18. The summed E-state index contributed by atoms with van der Waals surface area (Å²) in [6, 6.07) is 6.38. The highest BCUT2D eigenvalue weighted by Crippen LogP contribution is 2.41. The molecule has 5 aliphatic rings. The van der Waals surface area contributed by atoms with Crippen molar-refractivity contribution in [2.45, 2.75) is 31.3 Å². The first-order valence-electron chi connectivity index (χ1n) is 10.6. The molecule has 152 valence electrons. The normalized spacial score (nSPS) is 30.8. The van der Waals surface area contributed by atoms with Crippen molar-refractivity contribution in [1.29, 1.82) is 0 Å². The lowest BCUT2D eigenvalue weighted by molar-refractivity contribution is -0.0829. The van der Waals surface area contributed by atoms with Crippen LogP contribution in [0.2, 0.25) is 0 Å². The molecule has 2 aromatic rings. The Kier molecular flexibility index (Phi) is 4.06. The molecule has 1 spiro atoms. The molecule has 0 radical (unpaired) electrons. The van der Waals surface area contributed by atoms with Gasteiger partial charge in [-0.15, -0.1) is 0 Å². The molecule has 4 fully saturated rings. The summed E-state index contributed by atoms with van der Waals surface area (Å²) in [5.41, 5.74) is 1.49. The van der Waals surface area contributed by atoms with Gasteiger partial charge in [0.15, 0.2) is 5.13 Å². The minimum atomic E-state index is -0.148. The number of piperidine rings is 3. The summed E-state index contributed by atoms with van der Waals surface area (Å²) < 4.78 is 7.36. The molecular weight excluding hydrogens is 386 g/mol. The molecule has 2 bridgehead atoms. The fraction of sp³-hybridized carbons (Fsp3) is 0.571. The molecule has 29 heavy (non-hydrogen) atoms. The number of amides is 1. The van der Waals surface area contributed by atoms with Gasteiger partial charge in [0.1, 0.15) is 5.60 Å². The van der Waals surface area contributed by atoms with E-state index in [-0.39, 0.29) is 11.5 Å². The molecule has 8 heteroatoms. The van der Waals surface area contributed by atoms with Crippen LogP contribution in [0.5, 0.6) is 0 Å². The Bertz CT molecular complexity index is 990. The summed E-state index contributed by atoms with van der Waals surface area (Å²) in [5, 5.41) is 4.05. The summed E-state index contributed by atoms with van der Waals surface area (Å²) in [5.74, 6) is 0.727. The number of benzene rings is 1. The lowest BCUT2D eigenvalue weighted by Crippen LogP contribution is -2.61. The average Bonchev–Trinajstić information content (AvgIpc) is 3.48. The van der Waals surface area contributed by atoms with Crippen LogP contribution in [0.1, 0.15) is 36.0 Å². The molecule has 7 nitrogen and oxygen atoms in total. The van der Waals surface area contributed by atoms with E-state index in [0.717, 1.165) is 59.9 Å². The van der Waals surface area contributed by atoms with Gasteiger partial charge in [0.25, 0.3) is 11.9 Å². The second kappa shape index (κ2) is 6.67. The van der Waals surface area contributed by atoms with E-state index in [1.54, 1.807) is 11.3 Å². The van der Waals surface area contributed by atoms with Gasteiger partial charge in [0.2, 0.25) is 0 Å². The number of nitrogens with one attached hydrogen (secondary N) is 1. The van der Waals surface area contributed by atoms with Gasteiger partial charge in [-0.3, -0.25) is 15.0 Å². The Hall–Kier alpha value is -2.19. The highest BCUT2D eigenvalue weighted by Gasteiger charge is 2.51. The SMILES string of the molecule is O=C(c1ccc2nc(NC3=NCC4(CN5CCC4CC5)O3)sc2c1)N1CCCC1. The minimum absolute atomic E-state index is 0.125. The lowest BCUT2D eigenvalue weighted by atomic mass is 9.75. The van der Waals surface area contributed by atoms with Crippen molar-refractivity contribution in [3.63, 3.8) is 0 Å². The number of hydrogen-bond donors (Lipinski definition) is 1. The number of likely N-dealkylation sites (tertiary alicyclic amines) is 1. The number of carbonyl (C=O) groups is 1. The van der Waals surface area contributed by atoms with Crippen molar-refractivity contribution in [1.82, 2.24) is 14.8 Å². The van der Waals surface area contributed by atoms with Gasteiger partial charge in [-0.1, -0.05) is 11.3 Å². The molecule has 5 aliphatic heterocycles. The van der Waals surface area contributed by atoms with Crippen LogP contribution in [0.3, 0.4) is 0 Å². The predicted octanol–water partition coefficient (Wildman–Crippen LogP) is 2.79. The molecule has 7 rings (SSSR count). The third-order valence-corrected chi connectivity index (χ3v) is 7.79. The van der Waals surface area contributed by atoms with Crippen LogP contribution < -0.4 is 5.32 Å². The monoisotopic (exact) mass is 411 g/mol. The molecule has 4 saturated heterocycles. The maximum absolute atomic E-state index is 12.7. The maximum atomic E-state index is 12.7. The minimum Gasteiger partial charge on any atom is -0.455 e. The van der Waals surface area contributed by atoms with Crippen molar-refractivity contribution in [3.8, 4) is 0 Å². The molecule has 6 heterocycles. The van der Waals surface area contributed by atoms with Crippen molar-refractivity contribution in [3.05, 3.63) is 23.8 Å². The number of nitrogens with zero attached hydrogens (tertiary/aromatic N) is 4. The van der Waals surface area contributed by atoms with Crippen LogP contribution in [0.4, 0.5) is 5.13 Å². The number of rotatable bonds is 2. The Morgan fingerprint density at radius 1 is 1.21 bits per heavy atom. The number of carbonyl (C=O) groups excluding carboxylic acids is 1. The van der Waals surface area contributed by atoms with Gasteiger partial charge in [0.05, 0.1) is 16.8 Å². The van der Waals surface area contributed by atoms with Gasteiger partial charge < -0.3 is 9.64 Å². The summed E-state index contributed by atoms with van der Waals surface area (Å²) in [6.07, 6.45) is 4.62. The Morgan fingerprint density at radius 2 is 2.03 bits per heavy atom. The Labute approximate surface area is 173 Å². The highest BCUT2D eigenvalue weighted by molar-refractivity contribution is 7.22. The molecule has 1 aromatic heterocycles. The van der Waals surface area contributed by atoms with E-state index in [0.29, 0.717) is 11.9 Å². The largest absolute Gasteiger partial charge is 0.455 e. The number of hydrogen-bond acceptors (Lipinski definition) is 7. The van der Waals surface area contributed by atoms with Crippen LogP contribution >= 0.6 is 11.3 Å². The van der Waals surface area contributed by atoms with Gasteiger partial charge in [0, 0.05) is 31.1 Å². The van der Waals surface area contributed by atoms with Crippen LogP contribution in [0.25, 0.3) is 10.2 Å². The van der Waals surface area contributed by atoms with E-state index in [9.17, 15) is 4.79 Å². The molecule has 0 saturated carbocycles. The molecule has 1 atom stereocenters. The van der Waals surface area contributed by atoms with E-state index in [1.165, 1.54) is 25.9 Å². The molecule has 1 N–H and O–H groups in total. The number of aliphatic imine (C=N–C) groups is 1. The third-order valence-electron chi connectivity index (χ3n) is 6.86. The quantitative estimate of drug-likeness (QED) is 0.823. The molecular formula is C21H25N5O2S. The predicted molar refractivity (Wildman–Crippen MR) is 114 cm³/mol. The number of ether oxygens (including phenoxy) is 1. The van der Waals surface area contributed by atoms with E-state index in [1.807, 2.05) is 23.1 Å². The number of anilines is 1. The maximum Gasteiger partial charge on any atom is 0.291 e. The zero-order chi connectivity index (χ0) is 19.4. The molecule has 1 aromatic carbocycles. The molecule has 0 aliphatic carbocycles. The van der Waals surface area contributed by atoms with E-state index in [2.05, 4.69) is 20.2 Å². The van der Waals surface area contributed by atoms with Gasteiger partial charge in [-0.2, -0.15) is 0 Å². The van der Waals surface area contributed by atoms with E-state index in [4.69, 9.17) is 4.74 Å². The van der Waals surface area contributed by atoms with Gasteiger partial charge in [-0.05, 0) is 57.0 Å². The van der Waals surface area contributed by atoms with E-state index >= 15 is 0 Å². The van der Waals surface area contributed by atoms with Crippen molar-refractivity contribution >= 4 is 38.6 Å². The van der Waals surface area contributed by atoms with Crippen LogP contribution in [0, 0.1) is 5.92 Å². The summed E-state index contributed by atoms with van der Waals surface area (Å²) >= 11 is 1.54. The van der Waals surface area contributed by atoms with Gasteiger partial charge >= 0.3 is 0 Å². The van der Waals surface area contributed by atoms with E-state index < -0.39 is 0 Å². The fourth-order valence-corrected chi connectivity index (χ4v) is 6.15. The first kappa shape index (κ1) is 17.7. The van der Waals surface area contributed by atoms with Crippen molar-refractivity contribution < 1.29 is 9.53 Å².